The van der Waals surface area contributed by atoms with Gasteiger partial charge in [0.1, 0.15) is 5.75 Å². The molecule has 0 saturated heterocycles. The second-order valence-corrected chi connectivity index (χ2v) is 5.53. The van der Waals surface area contributed by atoms with Crippen molar-refractivity contribution in [1.29, 1.82) is 0 Å². The Labute approximate surface area is 173 Å². The number of hydrogen-bond acceptors (Lipinski definition) is 3. The van der Waals surface area contributed by atoms with E-state index in [2.05, 4.69) is 25.3 Å². The molecule has 0 spiro atoms. The highest BCUT2D eigenvalue weighted by Gasteiger charge is 2.11. The van der Waals surface area contributed by atoms with Crippen LogP contribution in [0.25, 0.3) is 0 Å². The lowest BCUT2D eigenvalue weighted by molar-refractivity contribution is -0.0504. The Kier molecular flexibility index (Phi) is 10.2. The van der Waals surface area contributed by atoms with E-state index in [1.165, 1.54) is 12.1 Å². The average molecular weight is 497 g/mol. The van der Waals surface area contributed by atoms with Gasteiger partial charge in [0, 0.05) is 43.1 Å². The van der Waals surface area contributed by atoms with Gasteiger partial charge in [-0.25, -0.2) is 0 Å². The van der Waals surface area contributed by atoms with Gasteiger partial charge < -0.3 is 15.4 Å². The Morgan fingerprint density at radius 2 is 2.12 bits per heavy atom. The number of guanidine groups is 1. The predicted octanol–water partition coefficient (Wildman–Crippen LogP) is 3.86. The molecule has 0 aliphatic rings. The quantitative estimate of drug-likeness (QED) is 0.347. The van der Waals surface area contributed by atoms with Gasteiger partial charge in [-0.1, -0.05) is 17.7 Å². The molecule has 0 bridgehead atoms. The number of hydrogen-bond donors (Lipinski definition) is 2. The van der Waals surface area contributed by atoms with Crippen LogP contribution in [0.5, 0.6) is 5.75 Å². The Hall–Kier alpha value is -1.68. The van der Waals surface area contributed by atoms with Crippen LogP contribution >= 0.6 is 35.6 Å². The standard InChI is InChI=1S/C17H19ClF2N4O.HI/c1-21-17(23-8-6-12-3-2-7-22-10-12)24-11-13-9-14(18)4-5-15(13)25-16(19)20;/h2-5,7,9-10,16H,6,8,11H2,1H3,(H2,21,23,24);1H. The number of benzene rings is 1. The lowest BCUT2D eigenvalue weighted by Crippen LogP contribution is -2.38. The molecule has 0 aliphatic carbocycles. The van der Waals surface area contributed by atoms with E-state index in [-0.39, 0.29) is 36.3 Å². The lowest BCUT2D eigenvalue weighted by Gasteiger charge is -2.15. The first-order chi connectivity index (χ1) is 12.1. The monoisotopic (exact) mass is 496 g/mol. The lowest BCUT2D eigenvalue weighted by atomic mass is 10.2. The fraction of sp³-hybridized carbons (Fsp3) is 0.294. The normalized spacial score (nSPS) is 11.0. The van der Waals surface area contributed by atoms with Gasteiger partial charge in [0.2, 0.25) is 0 Å². The molecule has 0 amide bonds. The molecular weight excluding hydrogens is 477 g/mol. The number of ether oxygens (including phenoxy) is 1. The summed E-state index contributed by atoms with van der Waals surface area (Å²) in [7, 11) is 1.63. The molecule has 9 heteroatoms. The van der Waals surface area contributed by atoms with Crippen LogP contribution in [0.1, 0.15) is 11.1 Å². The van der Waals surface area contributed by atoms with Crippen LogP contribution in [0.2, 0.25) is 5.02 Å². The highest BCUT2D eigenvalue weighted by molar-refractivity contribution is 14.0. The summed E-state index contributed by atoms with van der Waals surface area (Å²) in [5, 5.41) is 6.65. The van der Waals surface area contributed by atoms with Crippen molar-refractivity contribution in [2.75, 3.05) is 13.6 Å². The maximum absolute atomic E-state index is 12.5. The van der Waals surface area contributed by atoms with Crippen molar-refractivity contribution in [3.63, 3.8) is 0 Å². The molecular formula is C17H20ClF2IN4O. The van der Waals surface area contributed by atoms with Crippen molar-refractivity contribution in [2.45, 2.75) is 19.6 Å². The molecule has 0 radical (unpaired) electrons. The third-order valence-electron chi connectivity index (χ3n) is 3.34. The number of rotatable bonds is 7. The van der Waals surface area contributed by atoms with Gasteiger partial charge in [-0.2, -0.15) is 8.78 Å². The third kappa shape index (κ3) is 7.69. The van der Waals surface area contributed by atoms with E-state index in [4.69, 9.17) is 11.6 Å². The van der Waals surface area contributed by atoms with E-state index in [0.29, 0.717) is 23.1 Å². The van der Waals surface area contributed by atoms with E-state index >= 15 is 0 Å². The minimum absolute atomic E-state index is 0. The molecule has 0 unspecified atom stereocenters. The number of alkyl halides is 2. The summed E-state index contributed by atoms with van der Waals surface area (Å²) in [6.07, 6.45) is 4.31. The minimum Gasteiger partial charge on any atom is -0.434 e. The van der Waals surface area contributed by atoms with Crippen molar-refractivity contribution in [3.8, 4) is 5.75 Å². The van der Waals surface area contributed by atoms with Crippen molar-refractivity contribution in [1.82, 2.24) is 15.6 Å². The largest absolute Gasteiger partial charge is 0.434 e. The molecule has 2 aromatic rings. The average Bonchev–Trinajstić information content (AvgIpc) is 2.60. The Bertz CT molecular complexity index is 704. The minimum atomic E-state index is -2.89. The first-order valence-electron chi connectivity index (χ1n) is 7.65. The van der Waals surface area contributed by atoms with Crippen molar-refractivity contribution < 1.29 is 13.5 Å². The van der Waals surface area contributed by atoms with Gasteiger partial charge >= 0.3 is 6.61 Å². The van der Waals surface area contributed by atoms with Crippen LogP contribution in [-0.2, 0) is 13.0 Å². The maximum Gasteiger partial charge on any atom is 0.387 e. The van der Waals surface area contributed by atoms with E-state index in [0.717, 1.165) is 12.0 Å². The zero-order chi connectivity index (χ0) is 18.1. The number of nitrogens with zero attached hydrogens (tertiary/aromatic N) is 2. The molecule has 1 heterocycles. The number of aromatic nitrogens is 1. The van der Waals surface area contributed by atoms with Crippen LogP contribution in [0.15, 0.2) is 47.7 Å². The van der Waals surface area contributed by atoms with E-state index in [9.17, 15) is 8.78 Å². The van der Waals surface area contributed by atoms with E-state index < -0.39 is 6.61 Å². The van der Waals surface area contributed by atoms with Crippen molar-refractivity contribution >= 4 is 41.5 Å². The molecule has 2 N–H and O–H groups in total. The smallest absolute Gasteiger partial charge is 0.387 e. The fourth-order valence-corrected chi connectivity index (χ4v) is 2.36. The van der Waals surface area contributed by atoms with Crippen LogP contribution in [0.4, 0.5) is 8.78 Å². The summed E-state index contributed by atoms with van der Waals surface area (Å²) in [4.78, 5) is 8.16. The van der Waals surface area contributed by atoms with Gasteiger partial charge in [-0.15, -0.1) is 24.0 Å². The molecule has 2 rings (SSSR count). The highest BCUT2D eigenvalue weighted by atomic mass is 127. The van der Waals surface area contributed by atoms with Gasteiger partial charge in [0.25, 0.3) is 0 Å². The third-order valence-corrected chi connectivity index (χ3v) is 3.57. The van der Waals surface area contributed by atoms with Gasteiger partial charge in [-0.05, 0) is 36.2 Å². The van der Waals surface area contributed by atoms with Gasteiger partial charge in [0.15, 0.2) is 5.96 Å². The van der Waals surface area contributed by atoms with Gasteiger partial charge in [-0.3, -0.25) is 9.98 Å². The predicted molar refractivity (Wildman–Crippen MR) is 110 cm³/mol. The topological polar surface area (TPSA) is 58.5 Å². The Balaban J connectivity index is 0.00000338. The summed E-state index contributed by atoms with van der Waals surface area (Å²) in [5.41, 5.74) is 1.62. The fourth-order valence-electron chi connectivity index (χ4n) is 2.17. The molecule has 0 saturated carbocycles. The SMILES string of the molecule is CN=C(NCCc1cccnc1)NCc1cc(Cl)ccc1OC(F)F.I. The number of halogens is 4. The van der Waals surface area contributed by atoms with Crippen LogP contribution < -0.4 is 15.4 Å². The Morgan fingerprint density at radius 3 is 2.77 bits per heavy atom. The zero-order valence-corrected chi connectivity index (χ0v) is 17.2. The molecule has 0 fully saturated rings. The second kappa shape index (κ2) is 11.8. The molecule has 5 nitrogen and oxygen atoms in total. The summed E-state index contributed by atoms with van der Waals surface area (Å²) in [6, 6.07) is 8.37. The summed E-state index contributed by atoms with van der Waals surface area (Å²) < 4.78 is 29.5. The molecule has 142 valence electrons. The zero-order valence-electron chi connectivity index (χ0n) is 14.1. The summed E-state index contributed by atoms with van der Waals surface area (Å²) in [6.45, 7) is -1.99. The van der Waals surface area contributed by atoms with Crippen LogP contribution in [-0.4, -0.2) is 31.1 Å². The van der Waals surface area contributed by atoms with E-state index in [1.54, 1.807) is 25.5 Å². The van der Waals surface area contributed by atoms with Crippen molar-refractivity contribution in [2.24, 2.45) is 4.99 Å². The van der Waals surface area contributed by atoms with Gasteiger partial charge in [0.05, 0.1) is 0 Å². The first-order valence-corrected chi connectivity index (χ1v) is 8.03. The van der Waals surface area contributed by atoms with E-state index in [1.807, 2.05) is 12.1 Å². The molecule has 1 aromatic carbocycles. The first kappa shape index (κ1) is 22.4. The van der Waals surface area contributed by atoms with Crippen molar-refractivity contribution in [3.05, 3.63) is 58.9 Å². The summed E-state index contributed by atoms with van der Waals surface area (Å²) in [5.74, 6) is 0.629. The molecule has 0 aliphatic heterocycles. The highest BCUT2D eigenvalue weighted by Crippen LogP contribution is 2.24. The molecule has 26 heavy (non-hydrogen) atoms. The van der Waals surface area contributed by atoms with Crippen LogP contribution in [0.3, 0.4) is 0 Å². The maximum atomic E-state index is 12.5. The molecule has 0 atom stereocenters. The van der Waals surface area contributed by atoms with Crippen LogP contribution in [0, 0.1) is 0 Å². The second-order valence-electron chi connectivity index (χ2n) is 5.09. The summed E-state index contributed by atoms with van der Waals surface area (Å²) >= 11 is 5.93. The molecule has 1 aromatic heterocycles. The number of nitrogens with one attached hydrogen (secondary N) is 2. The number of pyridine rings is 1. The Morgan fingerprint density at radius 1 is 1.31 bits per heavy atom. The number of aliphatic imine (C=N–C) groups is 1.